The summed E-state index contributed by atoms with van der Waals surface area (Å²) >= 11 is 5.77. The van der Waals surface area contributed by atoms with Crippen LogP contribution in [0.3, 0.4) is 0 Å². The molecule has 1 aliphatic carbocycles. The summed E-state index contributed by atoms with van der Waals surface area (Å²) in [7, 11) is 0. The number of carbonyl (C=O) groups excluding carboxylic acids is 2. The van der Waals surface area contributed by atoms with Crippen molar-refractivity contribution in [2.75, 3.05) is 19.7 Å². The summed E-state index contributed by atoms with van der Waals surface area (Å²) in [5, 5.41) is 6.07. The number of carbonyl (C=O) groups is 2. The summed E-state index contributed by atoms with van der Waals surface area (Å²) in [6.07, 6.45) is 5.94. The van der Waals surface area contributed by atoms with Gasteiger partial charge in [0.2, 0.25) is 5.91 Å². The first kappa shape index (κ1) is 17.8. The molecule has 0 unspecified atom stereocenters. The van der Waals surface area contributed by atoms with E-state index in [1.165, 1.54) is 19.3 Å². The second-order valence-electron chi connectivity index (χ2n) is 5.68. The number of halogens is 1. The Morgan fingerprint density at radius 3 is 2.39 bits per heavy atom. The summed E-state index contributed by atoms with van der Waals surface area (Å²) in [6.45, 7) is 0.846. The van der Waals surface area contributed by atoms with Gasteiger partial charge in [0.25, 0.3) is 5.91 Å². The standard InChI is InChI=1S/C17H23ClN2O3/c18-14-8-6-13(7-9-14)17(22)20-11-10-19-16(21)12-23-15-4-2-1-3-5-15/h6-9,15H,1-5,10-12H2,(H,19,21)(H,20,22). The van der Waals surface area contributed by atoms with E-state index in [9.17, 15) is 9.59 Å². The quantitative estimate of drug-likeness (QED) is 0.751. The van der Waals surface area contributed by atoms with Gasteiger partial charge in [-0.05, 0) is 37.1 Å². The van der Waals surface area contributed by atoms with Gasteiger partial charge in [0.15, 0.2) is 0 Å². The number of ether oxygens (including phenoxy) is 1. The number of hydrogen-bond donors (Lipinski definition) is 2. The molecular weight excluding hydrogens is 316 g/mol. The molecule has 5 nitrogen and oxygen atoms in total. The average molecular weight is 339 g/mol. The summed E-state index contributed by atoms with van der Waals surface area (Å²) in [6, 6.07) is 6.66. The fraction of sp³-hybridized carbons (Fsp3) is 0.529. The molecule has 6 heteroatoms. The van der Waals surface area contributed by atoms with E-state index in [0.29, 0.717) is 23.7 Å². The molecule has 0 atom stereocenters. The molecule has 1 aromatic rings. The lowest BCUT2D eigenvalue weighted by molar-refractivity contribution is -0.128. The van der Waals surface area contributed by atoms with E-state index in [0.717, 1.165) is 12.8 Å². The Morgan fingerprint density at radius 1 is 1.04 bits per heavy atom. The van der Waals surface area contributed by atoms with Gasteiger partial charge >= 0.3 is 0 Å². The van der Waals surface area contributed by atoms with Gasteiger partial charge in [-0.25, -0.2) is 0 Å². The van der Waals surface area contributed by atoms with E-state index in [1.54, 1.807) is 24.3 Å². The number of nitrogens with one attached hydrogen (secondary N) is 2. The summed E-state index contributed by atoms with van der Waals surface area (Å²) < 4.78 is 5.59. The fourth-order valence-corrected chi connectivity index (χ4v) is 2.68. The van der Waals surface area contributed by atoms with Crippen LogP contribution in [0.25, 0.3) is 0 Å². The van der Waals surface area contributed by atoms with Crippen molar-refractivity contribution in [2.45, 2.75) is 38.2 Å². The number of amides is 2. The molecule has 0 spiro atoms. The molecule has 0 aromatic heterocycles. The van der Waals surface area contributed by atoms with E-state index >= 15 is 0 Å². The van der Waals surface area contributed by atoms with Gasteiger partial charge in [0, 0.05) is 23.7 Å². The zero-order valence-corrected chi connectivity index (χ0v) is 13.9. The molecule has 2 amide bonds. The van der Waals surface area contributed by atoms with Gasteiger partial charge in [-0.15, -0.1) is 0 Å². The van der Waals surface area contributed by atoms with Crippen LogP contribution in [0.1, 0.15) is 42.5 Å². The second-order valence-corrected chi connectivity index (χ2v) is 6.12. The third-order valence-corrected chi connectivity index (χ3v) is 4.09. The Labute approximate surface area is 141 Å². The first-order valence-electron chi connectivity index (χ1n) is 8.07. The summed E-state index contributed by atoms with van der Waals surface area (Å²) in [5.41, 5.74) is 0.543. The molecule has 1 saturated carbocycles. The van der Waals surface area contributed by atoms with E-state index in [1.807, 2.05) is 0 Å². The minimum Gasteiger partial charge on any atom is -0.368 e. The molecule has 1 aromatic carbocycles. The molecule has 0 saturated heterocycles. The summed E-state index contributed by atoms with van der Waals surface area (Å²) in [4.78, 5) is 23.5. The molecule has 2 N–H and O–H groups in total. The predicted octanol–water partition coefficient (Wildman–Crippen LogP) is 2.54. The van der Waals surface area contributed by atoms with E-state index in [2.05, 4.69) is 10.6 Å². The lowest BCUT2D eigenvalue weighted by atomic mass is 9.98. The Hall–Kier alpha value is -1.59. The number of benzene rings is 1. The van der Waals surface area contributed by atoms with Crippen LogP contribution in [0.2, 0.25) is 5.02 Å². The third kappa shape index (κ3) is 6.59. The Kier molecular flexibility index (Phi) is 7.36. The summed E-state index contributed by atoms with van der Waals surface area (Å²) in [5.74, 6) is -0.328. The highest BCUT2D eigenvalue weighted by atomic mass is 35.5. The van der Waals surface area contributed by atoms with Crippen LogP contribution in [0.5, 0.6) is 0 Å². The molecule has 2 rings (SSSR count). The highest BCUT2D eigenvalue weighted by molar-refractivity contribution is 6.30. The van der Waals surface area contributed by atoms with Crippen LogP contribution in [0.4, 0.5) is 0 Å². The van der Waals surface area contributed by atoms with Crippen LogP contribution in [0, 0.1) is 0 Å². The van der Waals surface area contributed by atoms with Crippen LogP contribution < -0.4 is 10.6 Å². The molecule has 23 heavy (non-hydrogen) atoms. The second kappa shape index (κ2) is 9.53. The lowest BCUT2D eigenvalue weighted by Gasteiger charge is -2.21. The maximum absolute atomic E-state index is 11.8. The van der Waals surface area contributed by atoms with Crippen molar-refractivity contribution < 1.29 is 14.3 Å². The van der Waals surface area contributed by atoms with Crippen molar-refractivity contribution in [2.24, 2.45) is 0 Å². The topological polar surface area (TPSA) is 67.4 Å². The highest BCUT2D eigenvalue weighted by Crippen LogP contribution is 2.19. The molecule has 0 aliphatic heterocycles. The van der Waals surface area contributed by atoms with Gasteiger partial charge in [-0.1, -0.05) is 30.9 Å². The van der Waals surface area contributed by atoms with Crippen molar-refractivity contribution in [3.8, 4) is 0 Å². The van der Waals surface area contributed by atoms with Gasteiger partial charge in [-0.2, -0.15) is 0 Å². The van der Waals surface area contributed by atoms with E-state index in [4.69, 9.17) is 16.3 Å². The number of hydrogen-bond acceptors (Lipinski definition) is 3. The smallest absolute Gasteiger partial charge is 0.251 e. The SMILES string of the molecule is O=C(COC1CCCCC1)NCCNC(=O)c1ccc(Cl)cc1. The number of rotatable bonds is 7. The maximum Gasteiger partial charge on any atom is 0.251 e. The largest absolute Gasteiger partial charge is 0.368 e. The normalized spacial score (nSPS) is 15.2. The molecule has 1 aliphatic rings. The van der Waals surface area contributed by atoms with Crippen molar-refractivity contribution >= 4 is 23.4 Å². The van der Waals surface area contributed by atoms with Crippen molar-refractivity contribution in [1.29, 1.82) is 0 Å². The molecular formula is C17H23ClN2O3. The first-order valence-corrected chi connectivity index (χ1v) is 8.45. The van der Waals surface area contributed by atoms with Crippen LogP contribution in [-0.4, -0.2) is 37.6 Å². The van der Waals surface area contributed by atoms with Gasteiger partial charge in [0.05, 0.1) is 6.10 Å². The Morgan fingerprint density at radius 2 is 1.70 bits per heavy atom. The highest BCUT2D eigenvalue weighted by Gasteiger charge is 2.15. The zero-order chi connectivity index (χ0) is 16.5. The maximum atomic E-state index is 11.8. The molecule has 0 heterocycles. The van der Waals surface area contributed by atoms with E-state index in [-0.39, 0.29) is 24.5 Å². The molecule has 0 radical (unpaired) electrons. The Bertz CT molecular complexity index is 513. The molecule has 126 valence electrons. The van der Waals surface area contributed by atoms with Crippen LogP contribution >= 0.6 is 11.6 Å². The minimum atomic E-state index is -0.186. The third-order valence-electron chi connectivity index (χ3n) is 3.84. The van der Waals surface area contributed by atoms with Gasteiger partial charge in [0.1, 0.15) is 6.61 Å². The van der Waals surface area contributed by atoms with Crippen molar-refractivity contribution in [3.63, 3.8) is 0 Å². The average Bonchev–Trinajstić information content (AvgIpc) is 2.58. The first-order chi connectivity index (χ1) is 11.1. The van der Waals surface area contributed by atoms with Gasteiger partial charge in [-0.3, -0.25) is 9.59 Å². The predicted molar refractivity (Wildman–Crippen MR) is 89.6 cm³/mol. The lowest BCUT2D eigenvalue weighted by Crippen LogP contribution is -2.37. The van der Waals surface area contributed by atoms with Gasteiger partial charge < -0.3 is 15.4 Å². The van der Waals surface area contributed by atoms with Crippen molar-refractivity contribution in [3.05, 3.63) is 34.9 Å². The van der Waals surface area contributed by atoms with E-state index < -0.39 is 0 Å². The van der Waals surface area contributed by atoms with Crippen molar-refractivity contribution in [1.82, 2.24) is 10.6 Å². The molecule has 1 fully saturated rings. The zero-order valence-electron chi connectivity index (χ0n) is 13.1. The molecule has 0 bridgehead atoms. The Balaban J connectivity index is 1.56. The van der Waals surface area contributed by atoms with Crippen LogP contribution in [-0.2, 0) is 9.53 Å². The monoisotopic (exact) mass is 338 g/mol. The minimum absolute atomic E-state index is 0.0931. The van der Waals surface area contributed by atoms with Crippen LogP contribution in [0.15, 0.2) is 24.3 Å². The fourth-order valence-electron chi connectivity index (χ4n) is 2.56.